The molecule has 3 aromatic rings. The SMILES string of the molecule is CC(=O)NCc1cn(CC2[C@@H](O)[C@H](O)C(O)[C@@H](O)[C@@H]2O)nn1.CN1c2ccccc2C(C)(C)C1/C=C/C=C/CC1N(C)c2ccccc2C1(C)C. The molecule has 276 valence electrons. The van der Waals surface area contributed by atoms with Crippen LogP contribution in [0.3, 0.4) is 0 Å². The van der Waals surface area contributed by atoms with E-state index in [4.69, 9.17) is 0 Å². The number of para-hydroxylation sites is 2. The molecule has 51 heavy (non-hydrogen) atoms. The van der Waals surface area contributed by atoms with Crippen molar-refractivity contribution in [3.63, 3.8) is 0 Å². The highest BCUT2D eigenvalue weighted by Crippen LogP contribution is 2.46. The Labute approximate surface area is 300 Å². The molecule has 1 fully saturated rings. The van der Waals surface area contributed by atoms with E-state index in [0.29, 0.717) is 17.8 Å². The molecule has 1 aliphatic carbocycles. The van der Waals surface area contributed by atoms with Gasteiger partial charge in [0, 0.05) is 55.2 Å². The van der Waals surface area contributed by atoms with Crippen molar-refractivity contribution in [2.24, 2.45) is 5.92 Å². The van der Waals surface area contributed by atoms with Gasteiger partial charge in [0.25, 0.3) is 0 Å². The van der Waals surface area contributed by atoms with E-state index in [1.165, 1.54) is 40.3 Å². The van der Waals surface area contributed by atoms with Crippen LogP contribution in [0.2, 0.25) is 0 Å². The summed E-state index contributed by atoms with van der Waals surface area (Å²) < 4.78 is 1.32. The van der Waals surface area contributed by atoms with E-state index < -0.39 is 36.4 Å². The standard InChI is InChI=1S/C27H34N2.C12H20N4O6/c1-26(2)20-14-10-12-16-22(20)28(5)24(26)18-8-7-9-19-25-27(3,4)21-15-11-13-17-23(21)29(25)6;1-5(17)13-2-6-3-16(15-14-6)4-7-8(18)10(20)12(22)11(21)9(7)19/h7-18,24-25H,19H2,1-6H3;3,7-12,18-22H,2,4H2,1H3,(H,13,17)/b9-7+,18-8+;/t;7?,8-,9-,10+,11+,12?/m.1/s1. The summed E-state index contributed by atoms with van der Waals surface area (Å²) >= 11 is 0. The zero-order valence-corrected chi connectivity index (χ0v) is 30.6. The molecule has 12 nitrogen and oxygen atoms in total. The number of anilines is 2. The Balaban J connectivity index is 0.000000206. The monoisotopic (exact) mass is 702 g/mol. The van der Waals surface area contributed by atoms with Crippen molar-refractivity contribution in [3.8, 4) is 0 Å². The molecule has 6 N–H and O–H groups in total. The first-order valence-corrected chi connectivity index (χ1v) is 17.6. The lowest BCUT2D eigenvalue weighted by atomic mass is 9.78. The minimum absolute atomic E-state index is 0.0176. The molecule has 3 heterocycles. The van der Waals surface area contributed by atoms with Gasteiger partial charge in [-0.05, 0) is 29.7 Å². The normalized spacial score (nSPS) is 29.2. The number of benzene rings is 2. The van der Waals surface area contributed by atoms with Crippen molar-refractivity contribution in [2.45, 2.75) is 108 Å². The summed E-state index contributed by atoms with van der Waals surface area (Å²) in [6, 6.07) is 18.5. The molecule has 0 radical (unpaired) electrons. The highest BCUT2D eigenvalue weighted by Gasteiger charge is 2.48. The number of nitrogens with zero attached hydrogens (tertiary/aromatic N) is 5. The van der Waals surface area contributed by atoms with E-state index in [1.807, 2.05) is 0 Å². The maximum Gasteiger partial charge on any atom is 0.217 e. The van der Waals surface area contributed by atoms with E-state index >= 15 is 0 Å². The first-order valence-electron chi connectivity index (χ1n) is 17.6. The number of fused-ring (bicyclic) bond motifs is 2. The summed E-state index contributed by atoms with van der Waals surface area (Å²) in [4.78, 5) is 15.7. The van der Waals surface area contributed by atoms with Crippen LogP contribution in [0.25, 0.3) is 0 Å². The lowest BCUT2D eigenvalue weighted by Crippen LogP contribution is -2.61. The summed E-state index contributed by atoms with van der Waals surface area (Å²) in [5.41, 5.74) is 6.38. The Morgan fingerprint density at radius 1 is 0.804 bits per heavy atom. The second kappa shape index (κ2) is 15.3. The number of aliphatic hydroxyl groups is 5. The Morgan fingerprint density at radius 2 is 1.35 bits per heavy atom. The van der Waals surface area contributed by atoms with Crippen LogP contribution in [-0.2, 0) is 28.7 Å². The van der Waals surface area contributed by atoms with E-state index in [2.05, 4.69) is 140 Å². The van der Waals surface area contributed by atoms with Gasteiger partial charge in [-0.15, -0.1) is 5.10 Å². The van der Waals surface area contributed by atoms with Gasteiger partial charge in [-0.3, -0.25) is 9.48 Å². The van der Waals surface area contributed by atoms with Crippen molar-refractivity contribution >= 4 is 17.3 Å². The molecule has 0 spiro atoms. The molecule has 2 aromatic carbocycles. The van der Waals surface area contributed by atoms with Crippen LogP contribution in [0.4, 0.5) is 11.4 Å². The van der Waals surface area contributed by atoms with Gasteiger partial charge in [-0.2, -0.15) is 0 Å². The third-order valence-electron chi connectivity index (χ3n) is 11.1. The number of amides is 1. The van der Waals surface area contributed by atoms with E-state index in [-0.39, 0.29) is 29.8 Å². The molecule has 1 aromatic heterocycles. The topological polar surface area (TPSA) is 167 Å². The lowest BCUT2D eigenvalue weighted by molar-refractivity contribution is -0.206. The molecule has 0 bridgehead atoms. The van der Waals surface area contributed by atoms with Gasteiger partial charge in [0.2, 0.25) is 5.91 Å². The van der Waals surface area contributed by atoms with Gasteiger partial charge in [0.1, 0.15) is 24.0 Å². The number of aliphatic hydroxyl groups excluding tert-OH is 5. The Morgan fingerprint density at radius 3 is 1.92 bits per heavy atom. The summed E-state index contributed by atoms with van der Waals surface area (Å²) in [5, 5.41) is 58.9. The molecule has 1 saturated carbocycles. The van der Waals surface area contributed by atoms with Crippen molar-refractivity contribution in [1.29, 1.82) is 0 Å². The number of carbonyl (C=O) groups excluding carboxylic acids is 1. The van der Waals surface area contributed by atoms with Crippen LogP contribution in [0.15, 0.2) is 79.0 Å². The fourth-order valence-electron chi connectivity index (χ4n) is 8.03. The minimum Gasteiger partial charge on any atom is -0.390 e. The maximum absolute atomic E-state index is 10.8. The molecule has 12 heteroatoms. The fraction of sp³-hybridized carbons (Fsp3) is 0.513. The Hall–Kier alpha value is -4.07. The molecule has 6 atom stereocenters. The van der Waals surface area contributed by atoms with Crippen LogP contribution >= 0.6 is 0 Å². The van der Waals surface area contributed by atoms with Crippen molar-refractivity contribution in [2.75, 3.05) is 23.9 Å². The van der Waals surface area contributed by atoms with Crippen LogP contribution in [0, 0.1) is 5.92 Å². The average Bonchev–Trinajstić information content (AvgIpc) is 3.70. The number of hydrogen-bond acceptors (Lipinski definition) is 10. The van der Waals surface area contributed by atoms with Gasteiger partial charge >= 0.3 is 0 Å². The Kier molecular flexibility index (Phi) is 11.4. The predicted octanol–water partition coefficient (Wildman–Crippen LogP) is 2.43. The summed E-state index contributed by atoms with van der Waals surface area (Å²) in [7, 11) is 4.44. The quantitative estimate of drug-likeness (QED) is 0.192. The number of likely N-dealkylation sites (N-methyl/N-ethyl adjacent to an activating group) is 2. The molecule has 1 amide bonds. The predicted molar refractivity (Wildman–Crippen MR) is 197 cm³/mol. The Bertz CT molecular complexity index is 1710. The maximum atomic E-state index is 10.8. The molecule has 3 aliphatic rings. The first kappa shape index (κ1) is 38.2. The summed E-state index contributed by atoms with van der Waals surface area (Å²) in [6.45, 7) is 11.0. The van der Waals surface area contributed by atoms with E-state index in [1.54, 1.807) is 0 Å². The minimum atomic E-state index is -1.62. The van der Waals surface area contributed by atoms with Gasteiger partial charge in [0.15, 0.2) is 0 Å². The zero-order chi connectivity index (χ0) is 37.2. The molecule has 6 rings (SSSR count). The molecular formula is C39H54N6O6. The molecule has 0 saturated heterocycles. The molecule has 2 aliphatic heterocycles. The number of aromatic nitrogens is 3. The van der Waals surface area contributed by atoms with Crippen LogP contribution in [0.1, 0.15) is 57.9 Å². The van der Waals surface area contributed by atoms with Crippen LogP contribution in [-0.4, -0.2) is 103 Å². The number of rotatable bonds is 8. The number of hydrogen-bond donors (Lipinski definition) is 6. The second-order valence-electron chi connectivity index (χ2n) is 15.2. The van der Waals surface area contributed by atoms with Gasteiger partial charge in [-0.1, -0.05) is 93.6 Å². The lowest BCUT2D eigenvalue weighted by Gasteiger charge is -2.41. The smallest absolute Gasteiger partial charge is 0.217 e. The number of carbonyl (C=O) groups is 1. The molecule has 2 unspecified atom stereocenters. The van der Waals surface area contributed by atoms with Gasteiger partial charge in [-0.25, -0.2) is 0 Å². The largest absolute Gasteiger partial charge is 0.390 e. The van der Waals surface area contributed by atoms with Crippen molar-refractivity contribution < 1.29 is 30.3 Å². The van der Waals surface area contributed by atoms with E-state index in [0.717, 1.165) is 6.42 Å². The van der Waals surface area contributed by atoms with Crippen molar-refractivity contribution in [1.82, 2.24) is 20.3 Å². The molecular weight excluding hydrogens is 648 g/mol. The fourth-order valence-corrected chi connectivity index (χ4v) is 8.03. The average molecular weight is 703 g/mol. The van der Waals surface area contributed by atoms with Crippen LogP contribution in [0.5, 0.6) is 0 Å². The first-order chi connectivity index (χ1) is 24.1. The van der Waals surface area contributed by atoms with Gasteiger partial charge in [0.05, 0.1) is 37.5 Å². The zero-order valence-electron chi connectivity index (χ0n) is 30.6. The van der Waals surface area contributed by atoms with E-state index in [9.17, 15) is 30.3 Å². The second-order valence-corrected chi connectivity index (χ2v) is 15.2. The summed E-state index contributed by atoms with van der Waals surface area (Å²) in [6.07, 6.45) is 4.14. The third kappa shape index (κ3) is 7.61. The third-order valence-corrected chi connectivity index (χ3v) is 11.1. The number of nitrogens with one attached hydrogen (secondary N) is 1. The van der Waals surface area contributed by atoms with Crippen LogP contribution < -0.4 is 15.1 Å². The number of allylic oxidation sites excluding steroid dienone is 2. The van der Waals surface area contributed by atoms with Crippen molar-refractivity contribution in [3.05, 3.63) is 95.9 Å². The van der Waals surface area contributed by atoms with Gasteiger partial charge < -0.3 is 40.6 Å². The highest BCUT2D eigenvalue weighted by molar-refractivity contribution is 5.72. The summed E-state index contributed by atoms with van der Waals surface area (Å²) in [5.74, 6) is -1.14. The highest BCUT2D eigenvalue weighted by atomic mass is 16.4.